The van der Waals surface area contributed by atoms with Gasteiger partial charge in [0.1, 0.15) is 0 Å². The van der Waals surface area contributed by atoms with Crippen molar-refractivity contribution >= 4 is 17.9 Å². The van der Waals surface area contributed by atoms with Gasteiger partial charge in [0, 0.05) is 26.1 Å². The lowest BCUT2D eigenvalue weighted by molar-refractivity contribution is -0.140. The molecular weight excluding hydrogens is 238 g/mol. The molecule has 0 heterocycles. The first-order valence-corrected chi connectivity index (χ1v) is 5.98. The van der Waals surface area contributed by atoms with Crippen molar-refractivity contribution in [3.8, 4) is 0 Å². The second kappa shape index (κ2) is 9.26. The topological polar surface area (TPSA) is 108 Å². The minimum Gasteiger partial charge on any atom is -0.481 e. The summed E-state index contributed by atoms with van der Waals surface area (Å²) in [4.78, 5) is 32.9. The van der Waals surface area contributed by atoms with Crippen molar-refractivity contribution in [2.75, 3.05) is 19.6 Å². The lowest BCUT2D eigenvalue weighted by Crippen LogP contribution is -2.40. The van der Waals surface area contributed by atoms with E-state index in [0.717, 1.165) is 6.42 Å². The molecular formula is C11H21N3O4. The Kier molecular flexibility index (Phi) is 8.34. The van der Waals surface area contributed by atoms with Crippen LogP contribution in [0.25, 0.3) is 0 Å². The minimum absolute atomic E-state index is 0.0587. The Hall–Kier alpha value is -1.79. The van der Waals surface area contributed by atoms with E-state index in [2.05, 4.69) is 16.0 Å². The first-order chi connectivity index (χ1) is 8.47. The van der Waals surface area contributed by atoms with Crippen LogP contribution in [0.4, 0.5) is 4.79 Å². The van der Waals surface area contributed by atoms with E-state index >= 15 is 0 Å². The lowest BCUT2D eigenvalue weighted by atomic mass is 10.2. The van der Waals surface area contributed by atoms with Crippen molar-refractivity contribution in [2.45, 2.75) is 26.7 Å². The largest absolute Gasteiger partial charge is 0.481 e. The van der Waals surface area contributed by atoms with Gasteiger partial charge in [0.05, 0.1) is 5.92 Å². The second-order valence-corrected chi connectivity index (χ2v) is 3.98. The van der Waals surface area contributed by atoms with Crippen LogP contribution in [0.1, 0.15) is 26.7 Å². The quantitative estimate of drug-likeness (QED) is 0.489. The molecule has 1 unspecified atom stereocenters. The molecule has 0 saturated carbocycles. The molecule has 3 amide bonds. The number of aliphatic carboxylic acids is 1. The van der Waals surface area contributed by atoms with Gasteiger partial charge in [0.25, 0.3) is 0 Å². The maximum Gasteiger partial charge on any atom is 0.314 e. The lowest BCUT2D eigenvalue weighted by Gasteiger charge is -2.09. The van der Waals surface area contributed by atoms with E-state index < -0.39 is 17.9 Å². The summed E-state index contributed by atoms with van der Waals surface area (Å²) < 4.78 is 0. The number of hydrogen-bond acceptors (Lipinski definition) is 3. The number of carbonyl (C=O) groups is 3. The van der Waals surface area contributed by atoms with E-state index in [1.807, 2.05) is 6.92 Å². The van der Waals surface area contributed by atoms with Crippen molar-refractivity contribution in [1.29, 1.82) is 0 Å². The monoisotopic (exact) mass is 259 g/mol. The van der Waals surface area contributed by atoms with Crippen molar-refractivity contribution < 1.29 is 19.5 Å². The molecule has 0 rings (SSSR count). The molecule has 0 aromatic carbocycles. The number of nitrogens with one attached hydrogen (secondary N) is 3. The molecule has 1 atom stereocenters. The van der Waals surface area contributed by atoms with Crippen LogP contribution in [0.2, 0.25) is 0 Å². The summed E-state index contributed by atoms with van der Waals surface area (Å²) in [5.41, 5.74) is 0. The van der Waals surface area contributed by atoms with E-state index in [1.54, 1.807) is 0 Å². The summed E-state index contributed by atoms with van der Waals surface area (Å²) in [6, 6.07) is -0.466. The molecule has 0 aliphatic rings. The molecule has 0 aromatic rings. The smallest absolute Gasteiger partial charge is 0.314 e. The summed E-state index contributed by atoms with van der Waals surface area (Å²) in [5.74, 6) is -1.71. The molecule has 7 heteroatoms. The third-order valence-electron chi connectivity index (χ3n) is 2.20. The number of rotatable bonds is 8. The Morgan fingerprint density at radius 3 is 2.33 bits per heavy atom. The highest BCUT2D eigenvalue weighted by Gasteiger charge is 2.11. The molecule has 0 aromatic heterocycles. The Labute approximate surface area is 106 Å². The molecule has 0 spiro atoms. The summed E-state index contributed by atoms with van der Waals surface area (Å²) in [6.07, 6.45) is 1.08. The highest BCUT2D eigenvalue weighted by molar-refractivity contribution is 5.78. The van der Waals surface area contributed by atoms with E-state index in [9.17, 15) is 14.4 Å². The summed E-state index contributed by atoms with van der Waals surface area (Å²) in [7, 11) is 0. The molecule has 0 bridgehead atoms. The fourth-order valence-electron chi connectivity index (χ4n) is 1.04. The van der Waals surface area contributed by atoms with Gasteiger partial charge in [-0.1, -0.05) is 13.8 Å². The standard InChI is InChI=1S/C11H21N3O4/c1-3-5-12-9(15)4-6-13-11(18)14-7-8(2)10(16)17/h8H,3-7H2,1-2H3,(H,12,15)(H,16,17)(H2,13,14,18). The second-order valence-electron chi connectivity index (χ2n) is 3.98. The van der Waals surface area contributed by atoms with Crippen LogP contribution in [0.5, 0.6) is 0 Å². The van der Waals surface area contributed by atoms with Crippen LogP contribution in [0, 0.1) is 5.92 Å². The van der Waals surface area contributed by atoms with Gasteiger partial charge in [0.15, 0.2) is 0 Å². The predicted octanol–water partition coefficient (Wildman–Crippen LogP) is -0.0774. The number of amides is 3. The minimum atomic E-state index is -0.964. The van der Waals surface area contributed by atoms with Gasteiger partial charge < -0.3 is 21.1 Å². The first-order valence-electron chi connectivity index (χ1n) is 5.98. The zero-order valence-corrected chi connectivity index (χ0v) is 10.8. The van der Waals surface area contributed by atoms with Gasteiger partial charge in [-0.3, -0.25) is 9.59 Å². The Bertz CT molecular complexity index is 294. The van der Waals surface area contributed by atoms with E-state index in [1.165, 1.54) is 6.92 Å². The predicted molar refractivity (Wildman–Crippen MR) is 66.1 cm³/mol. The maximum absolute atomic E-state index is 11.2. The third kappa shape index (κ3) is 8.37. The van der Waals surface area contributed by atoms with Crippen molar-refractivity contribution in [2.24, 2.45) is 5.92 Å². The van der Waals surface area contributed by atoms with Crippen molar-refractivity contribution in [1.82, 2.24) is 16.0 Å². The number of carboxylic acid groups (broad SMARTS) is 1. The molecule has 0 aliphatic carbocycles. The molecule has 0 aliphatic heterocycles. The maximum atomic E-state index is 11.2. The Balaban J connectivity index is 3.59. The van der Waals surface area contributed by atoms with Gasteiger partial charge in [-0.15, -0.1) is 0 Å². The number of carbonyl (C=O) groups excluding carboxylic acids is 2. The molecule has 7 nitrogen and oxygen atoms in total. The third-order valence-corrected chi connectivity index (χ3v) is 2.20. The van der Waals surface area contributed by atoms with Crippen LogP contribution in [-0.4, -0.2) is 42.6 Å². The van der Waals surface area contributed by atoms with Gasteiger partial charge in [-0.2, -0.15) is 0 Å². The van der Waals surface area contributed by atoms with Gasteiger partial charge in [-0.05, 0) is 6.42 Å². The number of carboxylic acids is 1. The number of hydrogen-bond donors (Lipinski definition) is 4. The van der Waals surface area contributed by atoms with E-state index in [4.69, 9.17) is 5.11 Å². The van der Waals surface area contributed by atoms with Gasteiger partial charge in [-0.25, -0.2) is 4.79 Å². The summed E-state index contributed by atoms with van der Waals surface area (Å²) >= 11 is 0. The van der Waals surface area contributed by atoms with Gasteiger partial charge in [0.2, 0.25) is 5.91 Å². The highest BCUT2D eigenvalue weighted by atomic mass is 16.4. The van der Waals surface area contributed by atoms with E-state index in [0.29, 0.717) is 6.54 Å². The normalized spacial score (nSPS) is 11.4. The molecule has 0 fully saturated rings. The Morgan fingerprint density at radius 1 is 1.11 bits per heavy atom. The van der Waals surface area contributed by atoms with Crippen LogP contribution in [-0.2, 0) is 9.59 Å². The zero-order valence-electron chi connectivity index (χ0n) is 10.8. The molecule has 0 saturated heterocycles. The number of urea groups is 1. The van der Waals surface area contributed by atoms with Crippen LogP contribution in [0.15, 0.2) is 0 Å². The first kappa shape index (κ1) is 16.2. The zero-order chi connectivity index (χ0) is 14.0. The SMILES string of the molecule is CCCNC(=O)CCNC(=O)NCC(C)C(=O)O. The van der Waals surface area contributed by atoms with Gasteiger partial charge >= 0.3 is 12.0 Å². The highest BCUT2D eigenvalue weighted by Crippen LogP contribution is 1.90. The fraction of sp³-hybridized carbons (Fsp3) is 0.727. The van der Waals surface area contributed by atoms with Crippen LogP contribution >= 0.6 is 0 Å². The fourth-order valence-corrected chi connectivity index (χ4v) is 1.04. The molecule has 4 N–H and O–H groups in total. The average Bonchev–Trinajstić information content (AvgIpc) is 2.33. The van der Waals surface area contributed by atoms with Crippen molar-refractivity contribution in [3.05, 3.63) is 0 Å². The molecule has 18 heavy (non-hydrogen) atoms. The van der Waals surface area contributed by atoms with Crippen LogP contribution < -0.4 is 16.0 Å². The molecule has 0 radical (unpaired) electrons. The van der Waals surface area contributed by atoms with E-state index in [-0.39, 0.29) is 25.4 Å². The Morgan fingerprint density at radius 2 is 1.78 bits per heavy atom. The average molecular weight is 259 g/mol. The van der Waals surface area contributed by atoms with Crippen molar-refractivity contribution in [3.63, 3.8) is 0 Å². The summed E-state index contributed by atoms with van der Waals surface area (Å²) in [5, 5.41) is 16.2. The van der Waals surface area contributed by atoms with Crippen LogP contribution in [0.3, 0.4) is 0 Å². The summed E-state index contributed by atoms with van der Waals surface area (Å²) in [6.45, 7) is 4.36. The molecule has 104 valence electrons.